The minimum absolute atomic E-state index is 0.00846. The summed E-state index contributed by atoms with van der Waals surface area (Å²) in [6, 6.07) is 3.29. The highest BCUT2D eigenvalue weighted by Crippen LogP contribution is 2.28. The fourth-order valence-electron chi connectivity index (χ4n) is 1.45. The first-order chi connectivity index (χ1) is 7.52. The average molecular weight is 334 g/mol. The number of hydroxylamine groups is 2. The molecule has 1 aliphatic carbocycles. The zero-order valence-corrected chi connectivity index (χ0v) is 11.0. The Morgan fingerprint density at radius 3 is 2.75 bits per heavy atom. The monoisotopic (exact) mass is 334 g/mol. The maximum Gasteiger partial charge on any atom is 0.155 e. The Morgan fingerprint density at radius 1 is 1.56 bits per heavy atom. The molecule has 2 N–H and O–H groups in total. The van der Waals surface area contributed by atoms with Crippen molar-refractivity contribution in [3.8, 4) is 0 Å². The Labute approximate surface area is 107 Å². The molecule has 3 nitrogen and oxygen atoms in total. The SMILES string of the molecule is Cc1ccc(C(=N)N(O)C2CC2)c(F)c1I. The number of amidine groups is 1. The minimum Gasteiger partial charge on any atom is -0.287 e. The van der Waals surface area contributed by atoms with Gasteiger partial charge >= 0.3 is 0 Å². The molecule has 1 fully saturated rings. The lowest BCUT2D eigenvalue weighted by molar-refractivity contribution is -0.0234. The topological polar surface area (TPSA) is 47.3 Å². The summed E-state index contributed by atoms with van der Waals surface area (Å²) in [7, 11) is 0. The first-order valence-corrected chi connectivity index (χ1v) is 6.12. The summed E-state index contributed by atoms with van der Waals surface area (Å²) in [5.41, 5.74) is 0.995. The highest BCUT2D eigenvalue weighted by Gasteiger charge is 2.31. The smallest absolute Gasteiger partial charge is 0.155 e. The Morgan fingerprint density at radius 2 is 2.19 bits per heavy atom. The van der Waals surface area contributed by atoms with Crippen LogP contribution in [0.3, 0.4) is 0 Å². The van der Waals surface area contributed by atoms with Crippen molar-refractivity contribution in [3.63, 3.8) is 0 Å². The van der Waals surface area contributed by atoms with Gasteiger partial charge in [0.25, 0.3) is 0 Å². The van der Waals surface area contributed by atoms with Gasteiger partial charge in [0.05, 0.1) is 15.2 Å². The number of nitrogens with one attached hydrogen (secondary N) is 1. The second-order valence-electron chi connectivity index (χ2n) is 3.98. The van der Waals surface area contributed by atoms with Crippen LogP contribution in [0.25, 0.3) is 0 Å². The van der Waals surface area contributed by atoms with Crippen molar-refractivity contribution in [2.75, 3.05) is 0 Å². The molecule has 0 spiro atoms. The third kappa shape index (κ3) is 2.06. The van der Waals surface area contributed by atoms with Gasteiger partial charge in [0, 0.05) is 0 Å². The van der Waals surface area contributed by atoms with Crippen LogP contribution < -0.4 is 0 Å². The van der Waals surface area contributed by atoms with Crippen molar-refractivity contribution in [3.05, 3.63) is 32.6 Å². The quantitative estimate of drug-likeness (QED) is 0.378. The number of benzene rings is 1. The van der Waals surface area contributed by atoms with Gasteiger partial charge in [-0.2, -0.15) is 0 Å². The number of aryl methyl sites for hydroxylation is 1. The van der Waals surface area contributed by atoms with Gasteiger partial charge in [-0.25, -0.2) is 9.45 Å². The van der Waals surface area contributed by atoms with E-state index < -0.39 is 5.82 Å². The lowest BCUT2D eigenvalue weighted by Gasteiger charge is -2.18. The van der Waals surface area contributed by atoms with Crippen LogP contribution in [0.1, 0.15) is 24.0 Å². The minimum atomic E-state index is -0.426. The van der Waals surface area contributed by atoms with Crippen LogP contribution in [0.5, 0.6) is 0 Å². The summed E-state index contributed by atoms with van der Waals surface area (Å²) in [5.74, 6) is -0.580. The molecule has 1 aliphatic rings. The molecule has 0 atom stereocenters. The molecule has 1 saturated carbocycles. The summed E-state index contributed by atoms with van der Waals surface area (Å²) < 4.78 is 14.4. The second kappa shape index (κ2) is 4.29. The molecule has 0 radical (unpaired) electrons. The number of rotatable bonds is 2. The van der Waals surface area contributed by atoms with Gasteiger partial charge < -0.3 is 0 Å². The van der Waals surface area contributed by atoms with E-state index in [0.717, 1.165) is 23.5 Å². The summed E-state index contributed by atoms with van der Waals surface area (Å²) >= 11 is 1.91. The summed E-state index contributed by atoms with van der Waals surface area (Å²) in [6.45, 7) is 1.82. The number of nitrogens with zero attached hydrogens (tertiary/aromatic N) is 1. The molecule has 0 heterocycles. The van der Waals surface area contributed by atoms with E-state index in [9.17, 15) is 9.60 Å². The van der Waals surface area contributed by atoms with Gasteiger partial charge in [-0.1, -0.05) is 6.07 Å². The first kappa shape index (κ1) is 11.8. The van der Waals surface area contributed by atoms with Crippen molar-refractivity contribution < 1.29 is 9.60 Å². The van der Waals surface area contributed by atoms with Gasteiger partial charge in [-0.3, -0.25) is 10.6 Å². The van der Waals surface area contributed by atoms with Gasteiger partial charge in [0.1, 0.15) is 5.82 Å². The van der Waals surface area contributed by atoms with Crippen molar-refractivity contribution in [2.45, 2.75) is 25.8 Å². The van der Waals surface area contributed by atoms with E-state index in [1.807, 2.05) is 29.5 Å². The molecule has 0 amide bonds. The lowest BCUT2D eigenvalue weighted by atomic mass is 10.1. The highest BCUT2D eigenvalue weighted by molar-refractivity contribution is 14.1. The number of halogens is 2. The molecule has 0 bridgehead atoms. The molecular weight excluding hydrogens is 322 g/mol. The Bertz CT molecular complexity index is 446. The average Bonchev–Trinajstić information content (AvgIpc) is 3.08. The highest BCUT2D eigenvalue weighted by atomic mass is 127. The fourth-order valence-corrected chi connectivity index (χ4v) is 1.92. The van der Waals surface area contributed by atoms with E-state index in [-0.39, 0.29) is 17.4 Å². The van der Waals surface area contributed by atoms with Crippen molar-refractivity contribution in [1.82, 2.24) is 5.06 Å². The first-order valence-electron chi connectivity index (χ1n) is 5.04. The van der Waals surface area contributed by atoms with Crippen LogP contribution >= 0.6 is 22.6 Å². The van der Waals surface area contributed by atoms with E-state index in [1.165, 1.54) is 0 Å². The van der Waals surface area contributed by atoms with Gasteiger partial charge in [-0.15, -0.1) is 0 Å². The molecule has 5 heteroatoms. The van der Waals surface area contributed by atoms with Crippen LogP contribution in [-0.2, 0) is 0 Å². The van der Waals surface area contributed by atoms with Crippen molar-refractivity contribution in [2.24, 2.45) is 0 Å². The molecule has 86 valence electrons. The lowest BCUT2D eigenvalue weighted by Crippen LogP contribution is -2.30. The molecule has 0 aliphatic heterocycles. The molecule has 16 heavy (non-hydrogen) atoms. The number of hydrogen-bond acceptors (Lipinski definition) is 2. The van der Waals surface area contributed by atoms with Crippen LogP contribution in [0, 0.1) is 21.7 Å². The molecule has 0 aromatic heterocycles. The standard InChI is InChI=1S/C11H12FIN2O/c1-6-2-5-8(9(12)10(6)13)11(14)15(16)7-3-4-7/h2,5,7,14,16H,3-4H2,1H3. The predicted molar refractivity (Wildman–Crippen MR) is 67.3 cm³/mol. The molecule has 1 aromatic carbocycles. The normalized spacial score (nSPS) is 15.0. The molecule has 0 saturated heterocycles. The van der Waals surface area contributed by atoms with E-state index in [0.29, 0.717) is 3.57 Å². The van der Waals surface area contributed by atoms with E-state index in [2.05, 4.69) is 0 Å². The van der Waals surface area contributed by atoms with Crippen LogP contribution in [0.2, 0.25) is 0 Å². The van der Waals surface area contributed by atoms with Crippen LogP contribution in [0.15, 0.2) is 12.1 Å². The van der Waals surface area contributed by atoms with Gasteiger partial charge in [0.15, 0.2) is 5.84 Å². The largest absolute Gasteiger partial charge is 0.287 e. The second-order valence-corrected chi connectivity index (χ2v) is 5.06. The Balaban J connectivity index is 2.33. The van der Waals surface area contributed by atoms with Gasteiger partial charge in [-0.05, 0) is 54.0 Å². The van der Waals surface area contributed by atoms with Gasteiger partial charge in [0.2, 0.25) is 0 Å². The van der Waals surface area contributed by atoms with E-state index in [4.69, 9.17) is 5.41 Å². The summed E-state index contributed by atoms with van der Waals surface area (Å²) in [4.78, 5) is 0. The zero-order valence-electron chi connectivity index (χ0n) is 8.80. The van der Waals surface area contributed by atoms with Crippen molar-refractivity contribution >= 4 is 28.4 Å². The predicted octanol–water partition coefficient (Wildman–Crippen LogP) is 2.92. The van der Waals surface area contributed by atoms with E-state index >= 15 is 0 Å². The third-order valence-electron chi connectivity index (χ3n) is 2.65. The summed E-state index contributed by atoms with van der Waals surface area (Å²) in [6.07, 6.45) is 1.73. The van der Waals surface area contributed by atoms with Crippen LogP contribution in [0.4, 0.5) is 4.39 Å². The fraction of sp³-hybridized carbons (Fsp3) is 0.364. The molecule has 2 rings (SSSR count). The number of hydrogen-bond donors (Lipinski definition) is 2. The third-order valence-corrected chi connectivity index (χ3v) is 3.98. The zero-order chi connectivity index (χ0) is 11.9. The molecule has 1 aromatic rings. The summed E-state index contributed by atoms with van der Waals surface area (Å²) in [5, 5.41) is 18.2. The Hall–Kier alpha value is -0.690. The maximum absolute atomic E-state index is 13.9. The molecule has 0 unspecified atom stereocenters. The van der Waals surface area contributed by atoms with Crippen LogP contribution in [-0.4, -0.2) is 22.1 Å². The Kier molecular flexibility index (Phi) is 3.16. The molecular formula is C11H12FIN2O. The van der Waals surface area contributed by atoms with E-state index in [1.54, 1.807) is 12.1 Å². The maximum atomic E-state index is 13.9. The van der Waals surface area contributed by atoms with Crippen molar-refractivity contribution in [1.29, 1.82) is 5.41 Å².